The first-order valence-corrected chi connectivity index (χ1v) is 9.75. The fraction of sp³-hybridized carbons (Fsp3) is 0.409. The molecule has 0 saturated heterocycles. The number of rotatable bonds is 7. The molecule has 6 nitrogen and oxygen atoms in total. The molecule has 1 fully saturated rings. The predicted octanol–water partition coefficient (Wildman–Crippen LogP) is 3.82. The Kier molecular flexibility index (Phi) is 5.86. The van der Waals surface area contributed by atoms with Gasteiger partial charge in [-0.25, -0.2) is 9.18 Å². The first kappa shape index (κ1) is 20.8. The summed E-state index contributed by atoms with van der Waals surface area (Å²) in [6.45, 7) is 7.05. The summed E-state index contributed by atoms with van der Waals surface area (Å²) in [7, 11) is 0. The number of esters is 1. The van der Waals surface area contributed by atoms with Gasteiger partial charge in [-0.3, -0.25) is 9.59 Å². The molecule has 0 radical (unpaired) electrons. The number of ketones is 1. The molecule has 1 aromatic heterocycles. The Morgan fingerprint density at radius 2 is 1.83 bits per heavy atom. The number of carbonyl (C=O) groups excluding carboxylic acids is 3. The van der Waals surface area contributed by atoms with E-state index < -0.39 is 17.8 Å². The Morgan fingerprint density at radius 3 is 2.38 bits per heavy atom. The summed E-state index contributed by atoms with van der Waals surface area (Å²) < 4.78 is 18.3. The monoisotopic (exact) mass is 400 g/mol. The van der Waals surface area contributed by atoms with Crippen LogP contribution in [0.1, 0.15) is 69.2 Å². The highest BCUT2D eigenvalue weighted by Crippen LogP contribution is 2.32. The highest BCUT2D eigenvalue weighted by atomic mass is 19.1. The third kappa shape index (κ3) is 4.09. The number of carbonyl (C=O) groups is 3. The quantitative estimate of drug-likeness (QED) is 0.566. The number of aromatic amines is 1. The van der Waals surface area contributed by atoms with E-state index in [0.717, 1.165) is 12.8 Å². The van der Waals surface area contributed by atoms with E-state index in [9.17, 15) is 18.8 Å². The van der Waals surface area contributed by atoms with Crippen LogP contribution in [-0.2, 0) is 4.74 Å². The summed E-state index contributed by atoms with van der Waals surface area (Å²) in [6, 6.07) is 4.58. The Bertz CT molecular complexity index is 944. The highest BCUT2D eigenvalue weighted by Gasteiger charge is 2.40. The molecule has 1 aliphatic carbocycles. The third-order valence-electron chi connectivity index (χ3n) is 5.23. The summed E-state index contributed by atoms with van der Waals surface area (Å²) in [6.07, 6.45) is 1.65. The maximum absolute atomic E-state index is 13.3. The summed E-state index contributed by atoms with van der Waals surface area (Å²) >= 11 is 0. The van der Waals surface area contributed by atoms with E-state index in [4.69, 9.17) is 4.74 Å². The largest absolute Gasteiger partial charge is 0.461 e. The average Bonchev–Trinajstić information content (AvgIpc) is 3.46. The molecule has 1 amide bonds. The number of hydrogen-bond acceptors (Lipinski definition) is 4. The van der Waals surface area contributed by atoms with Crippen LogP contribution >= 0.6 is 0 Å². The van der Waals surface area contributed by atoms with Crippen LogP contribution in [0.4, 0.5) is 4.39 Å². The highest BCUT2D eigenvalue weighted by molar-refractivity contribution is 6.07. The number of ether oxygens (including phenoxy) is 1. The van der Waals surface area contributed by atoms with E-state index in [2.05, 4.69) is 4.98 Å². The number of halogens is 1. The van der Waals surface area contributed by atoms with Crippen molar-refractivity contribution in [3.05, 3.63) is 58.2 Å². The number of H-pyrrole nitrogens is 1. The van der Waals surface area contributed by atoms with Gasteiger partial charge in [0.25, 0.3) is 5.91 Å². The minimum Gasteiger partial charge on any atom is -0.461 e. The van der Waals surface area contributed by atoms with Crippen molar-refractivity contribution in [1.82, 2.24) is 9.88 Å². The second kappa shape index (κ2) is 8.19. The number of amides is 1. The second-order valence-electron chi connectivity index (χ2n) is 7.34. The molecule has 3 rings (SSSR count). The summed E-state index contributed by atoms with van der Waals surface area (Å²) in [4.78, 5) is 43.0. The molecule has 1 atom stereocenters. The molecule has 29 heavy (non-hydrogen) atoms. The van der Waals surface area contributed by atoms with Crippen LogP contribution in [0.15, 0.2) is 24.3 Å². The minimum atomic E-state index is -0.719. The molecule has 154 valence electrons. The molecule has 1 heterocycles. The predicted molar refractivity (Wildman–Crippen MR) is 106 cm³/mol. The van der Waals surface area contributed by atoms with Gasteiger partial charge in [-0.15, -0.1) is 0 Å². The molecule has 7 heteroatoms. The molecular weight excluding hydrogens is 375 g/mol. The van der Waals surface area contributed by atoms with Gasteiger partial charge in [0.1, 0.15) is 11.5 Å². The first-order valence-electron chi connectivity index (χ1n) is 9.75. The lowest BCUT2D eigenvalue weighted by Crippen LogP contribution is -2.45. The van der Waals surface area contributed by atoms with E-state index in [1.807, 2.05) is 0 Å². The standard InChI is InChI=1S/C22H25FN2O4/c1-5-29-22(28)19-12(2)18(13(3)24-19)20(26)14(4)25(17-10-11-17)21(27)15-6-8-16(23)9-7-15/h6-9,14,17,24H,5,10-11H2,1-4H3. The lowest BCUT2D eigenvalue weighted by Gasteiger charge is -2.29. The number of Topliss-reactive ketones (excluding diaryl/α,β-unsaturated/α-hetero) is 1. The normalized spacial score (nSPS) is 14.4. The fourth-order valence-corrected chi connectivity index (χ4v) is 3.61. The van der Waals surface area contributed by atoms with Crippen LogP contribution in [0, 0.1) is 19.7 Å². The summed E-state index contributed by atoms with van der Waals surface area (Å²) in [5.74, 6) is -1.48. The third-order valence-corrected chi connectivity index (χ3v) is 5.23. The summed E-state index contributed by atoms with van der Waals surface area (Å²) in [5, 5.41) is 0. The van der Waals surface area contributed by atoms with Gasteiger partial charge in [0.2, 0.25) is 0 Å². The molecule has 2 aromatic rings. The SMILES string of the molecule is CCOC(=O)c1[nH]c(C)c(C(=O)C(C)N(C(=O)c2ccc(F)cc2)C2CC2)c1C. The molecule has 1 N–H and O–H groups in total. The van der Waals surface area contributed by atoms with Crippen LogP contribution in [0.3, 0.4) is 0 Å². The molecule has 1 aromatic carbocycles. The molecular formula is C22H25FN2O4. The number of nitrogens with zero attached hydrogens (tertiary/aromatic N) is 1. The van der Waals surface area contributed by atoms with Crippen molar-refractivity contribution in [3.8, 4) is 0 Å². The molecule has 0 aliphatic heterocycles. The number of aryl methyl sites for hydroxylation is 1. The maximum Gasteiger partial charge on any atom is 0.355 e. The van der Waals surface area contributed by atoms with Crippen LogP contribution in [0.5, 0.6) is 0 Å². The second-order valence-corrected chi connectivity index (χ2v) is 7.34. The summed E-state index contributed by atoms with van der Waals surface area (Å²) in [5.41, 5.74) is 2.07. The molecule has 1 aliphatic rings. The Balaban J connectivity index is 1.90. The zero-order valence-electron chi connectivity index (χ0n) is 17.0. The number of benzene rings is 1. The number of aromatic nitrogens is 1. The minimum absolute atomic E-state index is 0.0180. The van der Waals surface area contributed by atoms with Gasteiger partial charge < -0.3 is 14.6 Å². The Labute approximate surface area is 169 Å². The van der Waals surface area contributed by atoms with Crippen molar-refractivity contribution in [2.75, 3.05) is 6.61 Å². The van der Waals surface area contributed by atoms with Gasteiger partial charge >= 0.3 is 5.97 Å². The molecule has 0 spiro atoms. The van der Waals surface area contributed by atoms with Crippen molar-refractivity contribution in [3.63, 3.8) is 0 Å². The molecule has 0 bridgehead atoms. The van der Waals surface area contributed by atoms with Gasteiger partial charge in [0.05, 0.1) is 12.6 Å². The first-order chi connectivity index (χ1) is 13.8. The van der Waals surface area contributed by atoms with Gasteiger partial charge in [-0.1, -0.05) is 0 Å². The van der Waals surface area contributed by atoms with E-state index in [1.54, 1.807) is 32.6 Å². The van der Waals surface area contributed by atoms with Crippen molar-refractivity contribution >= 4 is 17.7 Å². The smallest absolute Gasteiger partial charge is 0.355 e. The van der Waals surface area contributed by atoms with Crippen LogP contribution < -0.4 is 0 Å². The number of nitrogens with one attached hydrogen (secondary N) is 1. The van der Waals surface area contributed by atoms with Crippen molar-refractivity contribution in [2.45, 2.75) is 52.6 Å². The van der Waals surface area contributed by atoms with E-state index in [0.29, 0.717) is 22.4 Å². The maximum atomic E-state index is 13.3. The van der Waals surface area contributed by atoms with Crippen LogP contribution in [0.25, 0.3) is 0 Å². The van der Waals surface area contributed by atoms with E-state index in [1.165, 1.54) is 24.3 Å². The molecule has 1 saturated carbocycles. The van der Waals surface area contributed by atoms with Crippen LogP contribution in [-0.4, -0.2) is 46.2 Å². The average molecular weight is 400 g/mol. The topological polar surface area (TPSA) is 79.5 Å². The van der Waals surface area contributed by atoms with Crippen molar-refractivity contribution in [1.29, 1.82) is 0 Å². The fourth-order valence-electron chi connectivity index (χ4n) is 3.61. The lowest BCUT2D eigenvalue weighted by atomic mass is 9.99. The van der Waals surface area contributed by atoms with E-state index in [-0.39, 0.29) is 30.0 Å². The van der Waals surface area contributed by atoms with Crippen molar-refractivity contribution in [2.24, 2.45) is 0 Å². The zero-order chi connectivity index (χ0) is 21.3. The van der Waals surface area contributed by atoms with Gasteiger partial charge in [-0.05, 0) is 70.4 Å². The zero-order valence-corrected chi connectivity index (χ0v) is 17.0. The Morgan fingerprint density at radius 1 is 1.21 bits per heavy atom. The van der Waals surface area contributed by atoms with Crippen molar-refractivity contribution < 1.29 is 23.5 Å². The number of hydrogen-bond donors (Lipinski definition) is 1. The molecule has 1 unspecified atom stereocenters. The van der Waals surface area contributed by atoms with E-state index >= 15 is 0 Å². The van der Waals surface area contributed by atoms with Gasteiger partial charge in [0, 0.05) is 22.9 Å². The van der Waals surface area contributed by atoms with Crippen LogP contribution in [0.2, 0.25) is 0 Å². The van der Waals surface area contributed by atoms with Gasteiger partial charge in [-0.2, -0.15) is 0 Å². The lowest BCUT2D eigenvalue weighted by molar-refractivity contribution is 0.0518. The Hall–Kier alpha value is -2.96. The van der Waals surface area contributed by atoms with Gasteiger partial charge in [0.15, 0.2) is 5.78 Å².